The molecule has 2 aromatic carbocycles. The van der Waals surface area contributed by atoms with Gasteiger partial charge in [0.05, 0.1) is 16.6 Å². The SMILES string of the molecule is Cc1ccc(C)c(/C(O)=C2\C(=O)C(=O)N(CCN(C)C)C2c2ccc(O)c(Cl)c2)c1. The number of benzene rings is 2. The monoisotopic (exact) mass is 428 g/mol. The van der Waals surface area contributed by atoms with Gasteiger partial charge in [0.2, 0.25) is 0 Å². The Morgan fingerprint density at radius 2 is 1.83 bits per heavy atom. The van der Waals surface area contributed by atoms with E-state index in [1.807, 2.05) is 45.0 Å². The molecule has 0 aromatic heterocycles. The fraction of sp³-hybridized carbons (Fsp3) is 0.304. The largest absolute Gasteiger partial charge is 0.507 e. The first-order valence-electron chi connectivity index (χ1n) is 9.61. The zero-order valence-electron chi connectivity index (χ0n) is 17.4. The molecule has 0 bridgehead atoms. The van der Waals surface area contributed by atoms with Gasteiger partial charge in [-0.15, -0.1) is 0 Å². The number of hydrogen-bond acceptors (Lipinski definition) is 5. The van der Waals surface area contributed by atoms with Crippen LogP contribution in [-0.4, -0.2) is 58.9 Å². The van der Waals surface area contributed by atoms with Crippen molar-refractivity contribution in [2.24, 2.45) is 0 Å². The molecule has 0 spiro atoms. The van der Waals surface area contributed by atoms with E-state index in [9.17, 15) is 19.8 Å². The molecular weight excluding hydrogens is 404 g/mol. The highest BCUT2D eigenvalue weighted by Crippen LogP contribution is 2.41. The first-order valence-corrected chi connectivity index (χ1v) is 9.98. The third kappa shape index (κ3) is 4.06. The number of likely N-dealkylation sites (N-methyl/N-ethyl adjacent to an activating group) is 1. The van der Waals surface area contributed by atoms with Crippen molar-refractivity contribution in [3.8, 4) is 5.75 Å². The number of carbonyl (C=O) groups excluding carboxylic acids is 2. The van der Waals surface area contributed by atoms with Gasteiger partial charge in [0.15, 0.2) is 0 Å². The van der Waals surface area contributed by atoms with Gasteiger partial charge in [-0.1, -0.05) is 35.4 Å². The van der Waals surface area contributed by atoms with Crippen LogP contribution >= 0.6 is 11.6 Å². The summed E-state index contributed by atoms with van der Waals surface area (Å²) in [6.07, 6.45) is 0. The van der Waals surface area contributed by atoms with Crippen LogP contribution in [0.3, 0.4) is 0 Å². The summed E-state index contributed by atoms with van der Waals surface area (Å²) >= 11 is 6.11. The number of hydrogen-bond donors (Lipinski definition) is 2. The fourth-order valence-electron chi connectivity index (χ4n) is 3.59. The number of nitrogens with zero attached hydrogens (tertiary/aromatic N) is 2. The lowest BCUT2D eigenvalue weighted by Crippen LogP contribution is -2.35. The van der Waals surface area contributed by atoms with Crippen LogP contribution in [0, 0.1) is 13.8 Å². The van der Waals surface area contributed by atoms with Crippen LogP contribution in [0.5, 0.6) is 5.75 Å². The van der Waals surface area contributed by atoms with Crippen LogP contribution in [-0.2, 0) is 9.59 Å². The van der Waals surface area contributed by atoms with Gasteiger partial charge in [-0.2, -0.15) is 0 Å². The maximum Gasteiger partial charge on any atom is 0.295 e. The summed E-state index contributed by atoms with van der Waals surface area (Å²) in [7, 11) is 3.75. The van der Waals surface area contributed by atoms with Crippen molar-refractivity contribution in [2.45, 2.75) is 19.9 Å². The second-order valence-corrected chi connectivity index (χ2v) is 8.23. The van der Waals surface area contributed by atoms with Crippen LogP contribution in [0.2, 0.25) is 5.02 Å². The van der Waals surface area contributed by atoms with E-state index >= 15 is 0 Å². The summed E-state index contributed by atoms with van der Waals surface area (Å²) in [4.78, 5) is 29.2. The van der Waals surface area contributed by atoms with Crippen molar-refractivity contribution in [3.05, 3.63) is 69.2 Å². The molecule has 158 valence electrons. The number of aliphatic hydroxyl groups is 1. The van der Waals surface area contributed by atoms with Gasteiger partial charge in [-0.3, -0.25) is 9.59 Å². The van der Waals surface area contributed by atoms with Crippen molar-refractivity contribution < 1.29 is 19.8 Å². The second-order valence-electron chi connectivity index (χ2n) is 7.82. The highest BCUT2D eigenvalue weighted by atomic mass is 35.5. The number of ketones is 1. The third-order valence-corrected chi connectivity index (χ3v) is 5.57. The number of phenols is 1. The topological polar surface area (TPSA) is 81.1 Å². The molecule has 0 saturated carbocycles. The van der Waals surface area contributed by atoms with Crippen LogP contribution in [0.4, 0.5) is 0 Å². The van der Waals surface area contributed by atoms with Crippen molar-refractivity contribution in [1.82, 2.24) is 9.80 Å². The molecule has 1 aliphatic rings. The lowest BCUT2D eigenvalue weighted by Gasteiger charge is -2.27. The fourth-order valence-corrected chi connectivity index (χ4v) is 3.78. The standard InChI is InChI=1S/C23H25ClN2O4/c1-13-5-6-14(2)16(11-13)21(28)19-20(15-7-8-18(27)17(24)12-15)26(10-9-25(3)4)23(30)22(19)29/h5-8,11-12,20,27-28H,9-10H2,1-4H3/b21-19+. The maximum absolute atomic E-state index is 13.0. The molecule has 30 heavy (non-hydrogen) atoms. The van der Waals surface area contributed by atoms with Crippen LogP contribution in [0.15, 0.2) is 42.0 Å². The van der Waals surface area contributed by atoms with Gasteiger partial charge < -0.3 is 20.0 Å². The molecule has 0 radical (unpaired) electrons. The first-order chi connectivity index (χ1) is 14.1. The van der Waals surface area contributed by atoms with Gasteiger partial charge in [0, 0.05) is 18.7 Å². The molecule has 6 nitrogen and oxygen atoms in total. The minimum absolute atomic E-state index is 0.0224. The average Bonchev–Trinajstić information content (AvgIpc) is 2.94. The Bertz CT molecular complexity index is 1050. The number of phenolic OH excluding ortho intramolecular Hbond substituents is 1. The number of halogens is 1. The summed E-state index contributed by atoms with van der Waals surface area (Å²) in [5.41, 5.74) is 2.79. The van der Waals surface area contributed by atoms with E-state index in [1.165, 1.54) is 17.0 Å². The van der Waals surface area contributed by atoms with Gasteiger partial charge in [-0.25, -0.2) is 0 Å². The Kier molecular flexibility index (Phi) is 6.19. The van der Waals surface area contributed by atoms with Crippen molar-refractivity contribution >= 4 is 29.1 Å². The third-order valence-electron chi connectivity index (χ3n) is 5.26. The lowest BCUT2D eigenvalue weighted by molar-refractivity contribution is -0.140. The minimum atomic E-state index is -0.803. The Balaban J connectivity index is 2.22. The highest BCUT2D eigenvalue weighted by Gasteiger charge is 2.46. The molecule has 1 unspecified atom stereocenters. The Morgan fingerprint density at radius 3 is 2.47 bits per heavy atom. The summed E-state index contributed by atoms with van der Waals surface area (Å²) in [6, 6.07) is 9.31. The molecule has 1 amide bonds. The molecule has 3 rings (SSSR count). The Morgan fingerprint density at radius 1 is 1.13 bits per heavy atom. The summed E-state index contributed by atoms with van der Waals surface area (Å²) in [6.45, 7) is 4.56. The zero-order chi connectivity index (χ0) is 22.2. The summed E-state index contributed by atoms with van der Waals surface area (Å²) in [5, 5.41) is 21.1. The molecule has 1 heterocycles. The minimum Gasteiger partial charge on any atom is -0.507 e. The number of Topliss-reactive ketones (excluding diaryl/α,β-unsaturated/α-hetero) is 1. The molecule has 7 heteroatoms. The molecule has 2 aromatic rings. The van der Waals surface area contributed by atoms with Crippen LogP contribution in [0.1, 0.15) is 28.3 Å². The molecular formula is C23H25ClN2O4. The number of aromatic hydroxyl groups is 1. The van der Waals surface area contributed by atoms with Crippen LogP contribution in [0.25, 0.3) is 5.76 Å². The second kappa shape index (κ2) is 8.50. The quantitative estimate of drug-likeness (QED) is 0.431. The summed E-state index contributed by atoms with van der Waals surface area (Å²) < 4.78 is 0. The van der Waals surface area contributed by atoms with E-state index < -0.39 is 17.7 Å². The van der Waals surface area contributed by atoms with Crippen molar-refractivity contribution in [2.75, 3.05) is 27.2 Å². The molecule has 1 atom stereocenters. The van der Waals surface area contributed by atoms with E-state index in [0.29, 0.717) is 24.2 Å². The Hall–Kier alpha value is -2.83. The maximum atomic E-state index is 13.0. The molecule has 1 aliphatic heterocycles. The zero-order valence-corrected chi connectivity index (χ0v) is 18.2. The van der Waals surface area contributed by atoms with Crippen molar-refractivity contribution in [3.63, 3.8) is 0 Å². The predicted octanol–water partition coefficient (Wildman–Crippen LogP) is 3.65. The molecule has 1 fully saturated rings. The number of carbonyl (C=O) groups is 2. The molecule has 2 N–H and O–H groups in total. The number of aryl methyl sites for hydroxylation is 2. The number of likely N-dealkylation sites (tertiary alicyclic amines) is 1. The summed E-state index contributed by atoms with van der Waals surface area (Å²) in [5.74, 6) is -1.71. The van der Waals surface area contributed by atoms with Gasteiger partial charge in [0.1, 0.15) is 11.5 Å². The highest BCUT2D eigenvalue weighted by molar-refractivity contribution is 6.46. The number of amides is 1. The van der Waals surface area contributed by atoms with Crippen LogP contribution < -0.4 is 0 Å². The normalized spacial score (nSPS) is 18.5. The van der Waals surface area contributed by atoms with E-state index in [4.69, 9.17) is 11.6 Å². The van der Waals surface area contributed by atoms with Gasteiger partial charge in [-0.05, 0) is 57.3 Å². The lowest BCUT2D eigenvalue weighted by atomic mass is 9.93. The van der Waals surface area contributed by atoms with Gasteiger partial charge >= 0.3 is 0 Å². The van der Waals surface area contributed by atoms with E-state index in [2.05, 4.69) is 0 Å². The number of rotatable bonds is 5. The van der Waals surface area contributed by atoms with Crippen molar-refractivity contribution in [1.29, 1.82) is 0 Å². The number of aliphatic hydroxyl groups excluding tert-OH is 1. The first kappa shape index (κ1) is 21.9. The average molecular weight is 429 g/mol. The van der Waals surface area contributed by atoms with E-state index in [1.54, 1.807) is 12.1 Å². The van der Waals surface area contributed by atoms with E-state index in [-0.39, 0.29) is 22.1 Å². The molecule has 1 saturated heterocycles. The predicted molar refractivity (Wildman–Crippen MR) is 117 cm³/mol. The smallest absolute Gasteiger partial charge is 0.295 e. The molecule has 0 aliphatic carbocycles. The van der Waals surface area contributed by atoms with E-state index in [0.717, 1.165) is 11.1 Å². The van der Waals surface area contributed by atoms with Gasteiger partial charge in [0.25, 0.3) is 11.7 Å². The Labute approximate surface area is 181 Å².